The van der Waals surface area contributed by atoms with Gasteiger partial charge in [0.1, 0.15) is 6.33 Å². The second-order valence-corrected chi connectivity index (χ2v) is 5.83. The van der Waals surface area contributed by atoms with Gasteiger partial charge >= 0.3 is 0 Å². The highest BCUT2D eigenvalue weighted by molar-refractivity contribution is 9.10. The molecule has 4 heteroatoms. The minimum absolute atomic E-state index is 0.115. The lowest BCUT2D eigenvalue weighted by molar-refractivity contribution is 0.626. The van der Waals surface area contributed by atoms with E-state index in [1.807, 2.05) is 12.4 Å². The van der Waals surface area contributed by atoms with E-state index < -0.39 is 0 Å². The van der Waals surface area contributed by atoms with Crippen molar-refractivity contribution in [2.24, 2.45) is 0 Å². The molecule has 1 N–H and O–H groups in total. The van der Waals surface area contributed by atoms with E-state index >= 15 is 0 Å². The number of rotatable bonds is 4. The smallest absolute Gasteiger partial charge is 0.115 e. The summed E-state index contributed by atoms with van der Waals surface area (Å²) in [5.41, 5.74) is 2.30. The maximum atomic E-state index is 4.13. The number of halogens is 1. The van der Waals surface area contributed by atoms with Gasteiger partial charge in [-0.25, -0.2) is 9.97 Å². The lowest BCUT2D eigenvalue weighted by atomic mass is 9.98. The van der Waals surface area contributed by atoms with Gasteiger partial charge in [0.05, 0.1) is 6.04 Å². The van der Waals surface area contributed by atoms with E-state index in [0.717, 1.165) is 16.6 Å². The lowest BCUT2D eigenvalue weighted by Gasteiger charge is -2.18. The third-order valence-electron chi connectivity index (χ3n) is 3.48. The maximum absolute atomic E-state index is 4.13. The fourth-order valence-electron chi connectivity index (χ4n) is 2.51. The van der Waals surface area contributed by atoms with Gasteiger partial charge in [0.2, 0.25) is 0 Å². The van der Waals surface area contributed by atoms with Gasteiger partial charge in [-0.1, -0.05) is 41.1 Å². The topological polar surface area (TPSA) is 37.8 Å². The molecule has 3 nitrogen and oxygen atoms in total. The SMILES string of the molecule is CCNC(c1cncnc1)c1ccc2cc(Br)ccc2c1. The van der Waals surface area contributed by atoms with Crippen molar-refractivity contribution in [3.63, 3.8) is 0 Å². The molecule has 0 aliphatic carbocycles. The van der Waals surface area contributed by atoms with Crippen molar-refractivity contribution in [3.8, 4) is 0 Å². The van der Waals surface area contributed by atoms with Crippen molar-refractivity contribution in [1.82, 2.24) is 15.3 Å². The van der Waals surface area contributed by atoms with Gasteiger partial charge in [0.15, 0.2) is 0 Å². The number of fused-ring (bicyclic) bond motifs is 1. The molecule has 21 heavy (non-hydrogen) atoms. The number of benzene rings is 2. The van der Waals surface area contributed by atoms with E-state index in [1.165, 1.54) is 16.3 Å². The second kappa shape index (κ2) is 6.33. The highest BCUT2D eigenvalue weighted by Crippen LogP contribution is 2.26. The minimum atomic E-state index is 0.115. The monoisotopic (exact) mass is 341 g/mol. The first-order valence-electron chi connectivity index (χ1n) is 6.95. The Morgan fingerprint density at radius 2 is 1.71 bits per heavy atom. The van der Waals surface area contributed by atoms with Gasteiger partial charge in [-0.15, -0.1) is 0 Å². The Morgan fingerprint density at radius 3 is 2.48 bits per heavy atom. The molecule has 106 valence electrons. The quantitative estimate of drug-likeness (QED) is 0.776. The van der Waals surface area contributed by atoms with Gasteiger partial charge in [0.25, 0.3) is 0 Å². The Hall–Kier alpha value is -1.78. The molecule has 0 amide bonds. The van der Waals surface area contributed by atoms with Crippen LogP contribution in [0.15, 0.2) is 59.6 Å². The van der Waals surface area contributed by atoms with Crippen LogP contribution in [0.25, 0.3) is 10.8 Å². The molecule has 1 aromatic heterocycles. The van der Waals surface area contributed by atoms with Crippen LogP contribution in [0.5, 0.6) is 0 Å². The van der Waals surface area contributed by atoms with Crippen LogP contribution in [0.1, 0.15) is 24.1 Å². The van der Waals surface area contributed by atoms with E-state index in [0.29, 0.717) is 0 Å². The summed E-state index contributed by atoms with van der Waals surface area (Å²) in [6.45, 7) is 2.99. The van der Waals surface area contributed by atoms with Crippen molar-refractivity contribution < 1.29 is 0 Å². The van der Waals surface area contributed by atoms with Gasteiger partial charge < -0.3 is 5.32 Å². The molecular weight excluding hydrogens is 326 g/mol. The van der Waals surface area contributed by atoms with Gasteiger partial charge in [0, 0.05) is 22.4 Å². The molecule has 1 unspecified atom stereocenters. The van der Waals surface area contributed by atoms with Crippen LogP contribution in [0.3, 0.4) is 0 Å². The minimum Gasteiger partial charge on any atom is -0.306 e. The summed E-state index contributed by atoms with van der Waals surface area (Å²) in [5.74, 6) is 0. The van der Waals surface area contributed by atoms with Crippen LogP contribution < -0.4 is 5.32 Å². The van der Waals surface area contributed by atoms with Crippen LogP contribution in [-0.2, 0) is 0 Å². The van der Waals surface area contributed by atoms with Crippen molar-refractivity contribution in [1.29, 1.82) is 0 Å². The molecule has 0 saturated carbocycles. The van der Waals surface area contributed by atoms with Crippen LogP contribution in [-0.4, -0.2) is 16.5 Å². The van der Waals surface area contributed by atoms with Crippen LogP contribution in [0.4, 0.5) is 0 Å². The van der Waals surface area contributed by atoms with Crippen molar-refractivity contribution in [3.05, 3.63) is 70.7 Å². The molecule has 0 saturated heterocycles. The summed E-state index contributed by atoms with van der Waals surface area (Å²) >= 11 is 3.51. The van der Waals surface area contributed by atoms with Gasteiger partial charge in [-0.3, -0.25) is 0 Å². The molecular formula is C17H16BrN3. The number of aromatic nitrogens is 2. The van der Waals surface area contributed by atoms with Crippen LogP contribution >= 0.6 is 15.9 Å². The zero-order valence-electron chi connectivity index (χ0n) is 11.8. The molecule has 3 rings (SSSR count). The third-order valence-corrected chi connectivity index (χ3v) is 3.98. The summed E-state index contributed by atoms with van der Waals surface area (Å²) in [4.78, 5) is 8.26. The molecule has 3 aromatic rings. The fourth-order valence-corrected chi connectivity index (χ4v) is 2.89. The second-order valence-electron chi connectivity index (χ2n) is 4.91. The Labute approximate surface area is 132 Å². The number of nitrogens with zero attached hydrogens (tertiary/aromatic N) is 2. The third kappa shape index (κ3) is 3.12. The first-order chi connectivity index (χ1) is 10.3. The Balaban J connectivity index is 2.05. The molecule has 0 bridgehead atoms. The van der Waals surface area contributed by atoms with Crippen molar-refractivity contribution >= 4 is 26.7 Å². The average molecular weight is 342 g/mol. The average Bonchev–Trinajstić information content (AvgIpc) is 2.53. The number of hydrogen-bond donors (Lipinski definition) is 1. The van der Waals surface area contributed by atoms with Crippen LogP contribution in [0, 0.1) is 0 Å². The van der Waals surface area contributed by atoms with E-state index in [4.69, 9.17) is 0 Å². The summed E-state index contributed by atoms with van der Waals surface area (Å²) in [7, 11) is 0. The molecule has 0 aliphatic heterocycles. The van der Waals surface area contributed by atoms with Crippen LogP contribution in [0.2, 0.25) is 0 Å². The molecule has 0 aliphatic rings. The zero-order valence-corrected chi connectivity index (χ0v) is 13.3. The fraction of sp³-hybridized carbons (Fsp3) is 0.176. The first-order valence-corrected chi connectivity index (χ1v) is 7.74. The van der Waals surface area contributed by atoms with Crippen molar-refractivity contribution in [2.75, 3.05) is 6.54 Å². The lowest BCUT2D eigenvalue weighted by Crippen LogP contribution is -2.22. The summed E-state index contributed by atoms with van der Waals surface area (Å²) < 4.78 is 1.10. The van der Waals surface area contributed by atoms with Gasteiger partial charge in [-0.2, -0.15) is 0 Å². The summed E-state index contributed by atoms with van der Waals surface area (Å²) in [6, 6.07) is 13.0. The highest BCUT2D eigenvalue weighted by atomic mass is 79.9. The molecule has 0 radical (unpaired) electrons. The molecule has 0 spiro atoms. The largest absolute Gasteiger partial charge is 0.306 e. The zero-order chi connectivity index (χ0) is 14.7. The summed E-state index contributed by atoms with van der Waals surface area (Å²) in [5, 5.41) is 5.96. The van der Waals surface area contributed by atoms with E-state index in [9.17, 15) is 0 Å². The number of hydrogen-bond acceptors (Lipinski definition) is 3. The van der Waals surface area contributed by atoms with E-state index in [2.05, 4.69) is 74.5 Å². The standard InChI is InChI=1S/C17H16BrN3/c1-2-21-17(15-9-19-11-20-10-15)14-4-3-13-8-16(18)6-5-12(13)7-14/h3-11,17,21H,2H2,1H3. The molecule has 1 heterocycles. The summed E-state index contributed by atoms with van der Waals surface area (Å²) in [6.07, 6.45) is 5.29. The van der Waals surface area contributed by atoms with E-state index in [1.54, 1.807) is 6.33 Å². The molecule has 1 atom stereocenters. The molecule has 0 fully saturated rings. The highest BCUT2D eigenvalue weighted by Gasteiger charge is 2.13. The van der Waals surface area contributed by atoms with E-state index in [-0.39, 0.29) is 6.04 Å². The maximum Gasteiger partial charge on any atom is 0.115 e. The van der Waals surface area contributed by atoms with Gasteiger partial charge in [-0.05, 0) is 41.1 Å². The van der Waals surface area contributed by atoms with Crippen molar-refractivity contribution in [2.45, 2.75) is 13.0 Å². The predicted octanol–water partition coefficient (Wildman–Crippen LogP) is 4.09. The Kier molecular flexibility index (Phi) is 4.27. The Bertz CT molecular complexity index is 743. The number of nitrogens with one attached hydrogen (secondary N) is 1. The molecule has 2 aromatic carbocycles. The normalized spacial score (nSPS) is 12.5. The Morgan fingerprint density at radius 1 is 1.00 bits per heavy atom. The first kappa shape index (κ1) is 14.2. The predicted molar refractivity (Wildman–Crippen MR) is 89.2 cm³/mol.